The van der Waals surface area contributed by atoms with Crippen LogP contribution in [0.3, 0.4) is 0 Å². The van der Waals surface area contributed by atoms with E-state index in [-0.39, 0.29) is 11.1 Å². The zero-order valence-corrected chi connectivity index (χ0v) is 19.4. The van der Waals surface area contributed by atoms with Gasteiger partial charge in [0.25, 0.3) is 0 Å². The molecule has 2 amide bonds. The second-order valence-corrected chi connectivity index (χ2v) is 9.04. The number of amides is 2. The standard InChI is InChI=1S/C23H20BrClFN5O/c24-15-4-7-20-19(13-15)28-22(21-3-1-10-31(20)21)29-8-2-9-30(12-11-29)23(32)27-16-5-6-18(26)17(25)14-16/h1,3-7,10,13-14H,2,8-9,11-12H2,(H,27,32). The van der Waals surface area contributed by atoms with Crippen molar-refractivity contribution in [2.75, 3.05) is 36.4 Å². The first kappa shape index (κ1) is 21.0. The smallest absolute Gasteiger partial charge is 0.321 e. The highest BCUT2D eigenvalue weighted by molar-refractivity contribution is 9.10. The molecule has 0 saturated carbocycles. The molecule has 164 valence electrons. The van der Waals surface area contributed by atoms with Crippen molar-refractivity contribution in [3.63, 3.8) is 0 Å². The van der Waals surface area contributed by atoms with Crippen LogP contribution >= 0.6 is 27.5 Å². The Balaban J connectivity index is 1.37. The van der Waals surface area contributed by atoms with Crippen LogP contribution in [0.5, 0.6) is 0 Å². The molecule has 4 aromatic rings. The number of carbonyl (C=O) groups excluding carboxylic acids is 1. The van der Waals surface area contributed by atoms with Gasteiger partial charge in [-0.1, -0.05) is 27.5 Å². The minimum Gasteiger partial charge on any atom is -0.353 e. The zero-order chi connectivity index (χ0) is 22.2. The molecule has 0 unspecified atom stereocenters. The van der Waals surface area contributed by atoms with Crippen LogP contribution in [-0.4, -0.2) is 46.5 Å². The molecule has 0 bridgehead atoms. The first-order valence-electron chi connectivity index (χ1n) is 10.3. The molecule has 1 saturated heterocycles. The van der Waals surface area contributed by atoms with Gasteiger partial charge in [0, 0.05) is 42.5 Å². The molecule has 1 N–H and O–H groups in total. The minimum atomic E-state index is -0.512. The third-order valence-electron chi connectivity index (χ3n) is 5.65. The van der Waals surface area contributed by atoms with E-state index >= 15 is 0 Å². The molecule has 1 fully saturated rings. The normalized spacial score (nSPS) is 14.7. The number of hydrogen-bond acceptors (Lipinski definition) is 3. The summed E-state index contributed by atoms with van der Waals surface area (Å²) in [7, 11) is 0. The number of nitrogens with zero attached hydrogens (tertiary/aromatic N) is 4. The van der Waals surface area contributed by atoms with Crippen molar-refractivity contribution in [2.45, 2.75) is 6.42 Å². The van der Waals surface area contributed by atoms with Gasteiger partial charge < -0.3 is 19.5 Å². The molecule has 9 heteroatoms. The molecule has 0 aliphatic carbocycles. The molecule has 5 rings (SSSR count). The van der Waals surface area contributed by atoms with Crippen molar-refractivity contribution >= 4 is 61.6 Å². The van der Waals surface area contributed by atoms with Gasteiger partial charge in [-0.05, 0) is 55.0 Å². The number of aromatic nitrogens is 2. The lowest BCUT2D eigenvalue weighted by Crippen LogP contribution is -2.38. The quantitative estimate of drug-likeness (QED) is 0.367. The van der Waals surface area contributed by atoms with Crippen LogP contribution in [0.25, 0.3) is 16.6 Å². The molecule has 2 aromatic carbocycles. The van der Waals surface area contributed by atoms with Crippen molar-refractivity contribution in [1.29, 1.82) is 0 Å². The molecule has 6 nitrogen and oxygen atoms in total. The first-order chi connectivity index (χ1) is 15.5. The van der Waals surface area contributed by atoms with Crippen LogP contribution < -0.4 is 10.2 Å². The lowest BCUT2D eigenvalue weighted by Gasteiger charge is -2.24. The van der Waals surface area contributed by atoms with E-state index in [9.17, 15) is 9.18 Å². The van der Waals surface area contributed by atoms with E-state index in [2.05, 4.69) is 42.7 Å². The summed E-state index contributed by atoms with van der Waals surface area (Å²) in [6.45, 7) is 2.62. The number of anilines is 2. The van der Waals surface area contributed by atoms with Gasteiger partial charge in [0.05, 0.1) is 21.6 Å². The second-order valence-electron chi connectivity index (χ2n) is 7.72. The summed E-state index contributed by atoms with van der Waals surface area (Å²) in [5.74, 6) is 0.398. The fourth-order valence-electron chi connectivity index (χ4n) is 4.08. The van der Waals surface area contributed by atoms with Crippen LogP contribution in [0.1, 0.15) is 6.42 Å². The van der Waals surface area contributed by atoms with E-state index in [1.165, 1.54) is 18.2 Å². The van der Waals surface area contributed by atoms with Crippen molar-refractivity contribution in [2.24, 2.45) is 0 Å². The highest BCUT2D eigenvalue weighted by Crippen LogP contribution is 2.28. The molecule has 32 heavy (non-hydrogen) atoms. The topological polar surface area (TPSA) is 52.9 Å². The van der Waals surface area contributed by atoms with Gasteiger partial charge in [0.15, 0.2) is 5.82 Å². The van der Waals surface area contributed by atoms with E-state index in [0.29, 0.717) is 25.3 Å². The Morgan fingerprint density at radius 2 is 1.94 bits per heavy atom. The first-order valence-corrected chi connectivity index (χ1v) is 11.5. The Morgan fingerprint density at radius 3 is 2.78 bits per heavy atom. The second kappa shape index (κ2) is 8.60. The molecule has 0 spiro atoms. The SMILES string of the molecule is O=C(Nc1ccc(F)c(Cl)c1)N1CCCN(c2nc3cc(Br)ccc3n3cccc23)CC1. The van der Waals surface area contributed by atoms with Gasteiger partial charge in [-0.25, -0.2) is 14.2 Å². The number of halogens is 3. The van der Waals surface area contributed by atoms with Crippen molar-refractivity contribution in [3.05, 3.63) is 70.0 Å². The van der Waals surface area contributed by atoms with E-state index in [0.717, 1.165) is 39.8 Å². The summed E-state index contributed by atoms with van der Waals surface area (Å²) < 4.78 is 16.5. The highest BCUT2D eigenvalue weighted by atomic mass is 79.9. The van der Waals surface area contributed by atoms with Crippen LogP contribution in [0, 0.1) is 5.82 Å². The molecule has 0 atom stereocenters. The van der Waals surface area contributed by atoms with Gasteiger partial charge in [0.1, 0.15) is 5.82 Å². The third-order valence-corrected chi connectivity index (χ3v) is 6.44. The van der Waals surface area contributed by atoms with E-state index in [1.807, 2.05) is 24.4 Å². The van der Waals surface area contributed by atoms with Crippen LogP contribution in [0.2, 0.25) is 5.02 Å². The predicted octanol–water partition coefficient (Wildman–Crippen LogP) is 5.79. The maximum absolute atomic E-state index is 13.4. The number of carbonyl (C=O) groups is 1. The summed E-state index contributed by atoms with van der Waals surface area (Å²) in [6, 6.07) is 14.1. The van der Waals surface area contributed by atoms with Gasteiger partial charge in [-0.2, -0.15) is 0 Å². The molecule has 0 radical (unpaired) electrons. The largest absolute Gasteiger partial charge is 0.353 e. The van der Waals surface area contributed by atoms with E-state index in [4.69, 9.17) is 16.6 Å². The lowest BCUT2D eigenvalue weighted by molar-refractivity contribution is 0.215. The molecular formula is C23H20BrClFN5O. The summed E-state index contributed by atoms with van der Waals surface area (Å²) in [6.07, 6.45) is 2.85. The average Bonchev–Trinajstić information content (AvgIpc) is 3.13. The molecule has 2 aromatic heterocycles. The van der Waals surface area contributed by atoms with Crippen molar-refractivity contribution < 1.29 is 9.18 Å². The molecular weight excluding hydrogens is 497 g/mol. The van der Waals surface area contributed by atoms with Crippen LogP contribution in [0.4, 0.5) is 20.7 Å². The number of rotatable bonds is 2. The van der Waals surface area contributed by atoms with E-state index < -0.39 is 5.82 Å². The van der Waals surface area contributed by atoms with Crippen LogP contribution in [-0.2, 0) is 0 Å². The van der Waals surface area contributed by atoms with Gasteiger partial charge >= 0.3 is 6.03 Å². The summed E-state index contributed by atoms with van der Waals surface area (Å²) >= 11 is 9.36. The van der Waals surface area contributed by atoms with Gasteiger partial charge in [0.2, 0.25) is 0 Å². The summed E-state index contributed by atoms with van der Waals surface area (Å²) in [5, 5.41) is 2.79. The number of fused-ring (bicyclic) bond motifs is 3. The Hall–Kier alpha value is -2.84. The molecule has 1 aliphatic heterocycles. The van der Waals surface area contributed by atoms with Crippen molar-refractivity contribution in [1.82, 2.24) is 14.3 Å². The number of hydrogen-bond donors (Lipinski definition) is 1. The predicted molar refractivity (Wildman–Crippen MR) is 129 cm³/mol. The van der Waals surface area contributed by atoms with E-state index in [1.54, 1.807) is 4.90 Å². The summed E-state index contributed by atoms with van der Waals surface area (Å²) in [4.78, 5) is 21.7. The Kier molecular flexibility index (Phi) is 5.65. The maximum Gasteiger partial charge on any atom is 0.321 e. The highest BCUT2D eigenvalue weighted by Gasteiger charge is 2.22. The molecule has 3 heterocycles. The Bertz CT molecular complexity index is 1330. The lowest BCUT2D eigenvalue weighted by atomic mass is 10.3. The minimum absolute atomic E-state index is 0.0185. The van der Waals surface area contributed by atoms with Crippen LogP contribution in [0.15, 0.2) is 59.2 Å². The third kappa shape index (κ3) is 4.00. The fourth-order valence-corrected chi connectivity index (χ4v) is 4.61. The van der Waals surface area contributed by atoms with Gasteiger partial charge in [-0.15, -0.1) is 0 Å². The Morgan fingerprint density at radius 1 is 1.06 bits per heavy atom. The zero-order valence-electron chi connectivity index (χ0n) is 17.1. The van der Waals surface area contributed by atoms with Gasteiger partial charge in [-0.3, -0.25) is 0 Å². The average molecular weight is 517 g/mol. The number of nitrogens with one attached hydrogen (secondary N) is 1. The fraction of sp³-hybridized carbons (Fsp3) is 0.217. The van der Waals surface area contributed by atoms with Crippen molar-refractivity contribution in [3.8, 4) is 0 Å². The number of benzene rings is 2. The Labute approximate surface area is 197 Å². The molecule has 1 aliphatic rings. The number of urea groups is 1. The monoisotopic (exact) mass is 515 g/mol. The maximum atomic E-state index is 13.4. The summed E-state index contributed by atoms with van der Waals surface area (Å²) in [5.41, 5.74) is 3.47.